The zero-order valence-corrected chi connectivity index (χ0v) is 15.0. The first kappa shape index (κ1) is 18.2. The minimum absolute atomic E-state index is 0.159. The van der Waals surface area contributed by atoms with Crippen LogP contribution in [-0.2, 0) is 4.84 Å². The van der Waals surface area contributed by atoms with E-state index in [1.54, 1.807) is 0 Å². The maximum Gasteiger partial charge on any atom is 0.341 e. The van der Waals surface area contributed by atoms with Crippen molar-refractivity contribution in [2.24, 2.45) is 0 Å². The quantitative estimate of drug-likeness (QED) is 0.528. The number of carboxylic acid groups (broad SMARTS) is 1. The van der Waals surface area contributed by atoms with Crippen molar-refractivity contribution in [3.63, 3.8) is 0 Å². The van der Waals surface area contributed by atoms with Gasteiger partial charge in [0.05, 0.1) is 29.4 Å². The van der Waals surface area contributed by atoms with Crippen LogP contribution in [0, 0.1) is 11.6 Å². The molecular formula is C18H18F2N4O4. The Labute approximate surface area is 157 Å². The summed E-state index contributed by atoms with van der Waals surface area (Å²) in [5.41, 5.74) is 6.45. The largest absolute Gasteiger partial charge is 0.477 e. The van der Waals surface area contributed by atoms with E-state index in [1.165, 1.54) is 22.8 Å². The van der Waals surface area contributed by atoms with Crippen molar-refractivity contribution in [2.45, 2.75) is 25.3 Å². The van der Waals surface area contributed by atoms with E-state index in [0.29, 0.717) is 25.0 Å². The third-order valence-electron chi connectivity index (χ3n) is 4.99. The molecule has 0 saturated heterocycles. The molecule has 0 bridgehead atoms. The number of fused-ring (bicyclic) bond motifs is 1. The third-order valence-corrected chi connectivity index (χ3v) is 4.99. The highest BCUT2D eigenvalue weighted by molar-refractivity contribution is 6.00. The molecule has 2 aliphatic rings. The second-order valence-corrected chi connectivity index (χ2v) is 6.83. The van der Waals surface area contributed by atoms with E-state index in [0.717, 1.165) is 6.20 Å². The Kier molecular flexibility index (Phi) is 4.22. The first-order chi connectivity index (χ1) is 13.3. The molecule has 28 heavy (non-hydrogen) atoms. The number of nitrogens with zero attached hydrogens (tertiary/aromatic N) is 2. The molecule has 8 nitrogen and oxygen atoms in total. The van der Waals surface area contributed by atoms with Crippen LogP contribution in [0.15, 0.2) is 22.9 Å². The Morgan fingerprint density at radius 1 is 1.36 bits per heavy atom. The van der Waals surface area contributed by atoms with Gasteiger partial charge < -0.3 is 20.3 Å². The van der Waals surface area contributed by atoms with E-state index in [1.807, 2.05) is 0 Å². The topological polar surface area (TPSA) is 110 Å². The number of anilines is 2. The molecule has 1 saturated carbocycles. The maximum atomic E-state index is 15.5. The Morgan fingerprint density at radius 3 is 2.68 bits per heavy atom. The van der Waals surface area contributed by atoms with Crippen LogP contribution < -0.4 is 21.5 Å². The highest BCUT2D eigenvalue weighted by Gasteiger charge is 2.33. The molecule has 1 fully saturated rings. The van der Waals surface area contributed by atoms with Gasteiger partial charge in [-0.3, -0.25) is 15.1 Å². The summed E-state index contributed by atoms with van der Waals surface area (Å²) in [5.74, 6) is -3.51. The average molecular weight is 392 g/mol. The summed E-state index contributed by atoms with van der Waals surface area (Å²) >= 11 is 0. The van der Waals surface area contributed by atoms with Gasteiger partial charge in [-0.15, -0.1) is 0 Å². The number of carboxylic acids is 1. The van der Waals surface area contributed by atoms with Gasteiger partial charge in [0.2, 0.25) is 5.43 Å². The molecule has 2 aromatic rings. The molecule has 0 radical (unpaired) electrons. The SMILES string of the molecule is CONC1=CN(c2c(F)c(N)c3c(=O)c(C(=O)O)cn(C4CC4)c3c2F)CC1. The van der Waals surface area contributed by atoms with Crippen molar-refractivity contribution in [2.75, 3.05) is 24.3 Å². The smallest absolute Gasteiger partial charge is 0.341 e. The van der Waals surface area contributed by atoms with Crippen LogP contribution in [0.2, 0.25) is 0 Å². The van der Waals surface area contributed by atoms with E-state index in [2.05, 4.69) is 5.48 Å². The number of pyridine rings is 1. The van der Waals surface area contributed by atoms with Gasteiger partial charge in [-0.1, -0.05) is 0 Å². The number of rotatable bonds is 5. The first-order valence-corrected chi connectivity index (χ1v) is 8.70. The number of nitrogen functional groups attached to an aromatic ring is 1. The number of hydroxylamine groups is 1. The molecule has 4 rings (SSSR count). The standard InChI is InChI=1S/C18H18F2N4O4/c1-28-22-8-4-5-23(6-8)16-12(19)14(21)11-15(13(16)20)24(9-2-3-9)7-10(17(11)25)18(26)27/h6-7,9,22H,2-5,21H2,1H3,(H,26,27). The fourth-order valence-electron chi connectivity index (χ4n) is 3.54. The number of hydrogen-bond donors (Lipinski definition) is 3. The highest BCUT2D eigenvalue weighted by atomic mass is 19.1. The van der Waals surface area contributed by atoms with Crippen LogP contribution in [0.3, 0.4) is 0 Å². The summed E-state index contributed by atoms with van der Waals surface area (Å²) in [6.45, 7) is 0.283. The van der Waals surface area contributed by atoms with Gasteiger partial charge in [0.15, 0.2) is 11.6 Å². The predicted molar refractivity (Wildman–Crippen MR) is 98.0 cm³/mol. The number of aromatic nitrogens is 1. The van der Waals surface area contributed by atoms with Crippen LogP contribution in [0.5, 0.6) is 0 Å². The van der Waals surface area contributed by atoms with Crippen LogP contribution >= 0.6 is 0 Å². The van der Waals surface area contributed by atoms with Gasteiger partial charge in [-0.25, -0.2) is 13.6 Å². The Hall–Kier alpha value is -3.14. The Morgan fingerprint density at radius 2 is 2.07 bits per heavy atom. The molecule has 1 aliphatic heterocycles. The predicted octanol–water partition coefficient (Wildman–Crippen LogP) is 2.10. The second-order valence-electron chi connectivity index (χ2n) is 6.83. The molecule has 1 aromatic carbocycles. The molecule has 1 aromatic heterocycles. The average Bonchev–Trinajstić information content (AvgIpc) is 3.39. The van der Waals surface area contributed by atoms with E-state index < -0.39 is 39.7 Å². The van der Waals surface area contributed by atoms with Crippen LogP contribution in [0.4, 0.5) is 20.2 Å². The van der Waals surface area contributed by atoms with Crippen LogP contribution in [0.25, 0.3) is 10.9 Å². The van der Waals surface area contributed by atoms with Crippen molar-refractivity contribution in [3.8, 4) is 0 Å². The molecule has 0 spiro atoms. The minimum Gasteiger partial charge on any atom is -0.477 e. The lowest BCUT2D eigenvalue weighted by Gasteiger charge is -2.22. The number of halogens is 2. The zero-order valence-electron chi connectivity index (χ0n) is 15.0. The number of aromatic carboxylic acids is 1. The van der Waals surface area contributed by atoms with Gasteiger partial charge in [-0.2, -0.15) is 0 Å². The fourth-order valence-corrected chi connectivity index (χ4v) is 3.54. The number of carbonyl (C=O) groups is 1. The van der Waals surface area contributed by atoms with Crippen molar-refractivity contribution >= 4 is 28.2 Å². The molecule has 10 heteroatoms. The fraction of sp³-hybridized carbons (Fsp3) is 0.333. The Bertz CT molecular complexity index is 1090. The van der Waals surface area contributed by atoms with Gasteiger partial charge in [0.25, 0.3) is 0 Å². The molecule has 4 N–H and O–H groups in total. The molecule has 2 heterocycles. The number of nitrogens with one attached hydrogen (secondary N) is 1. The first-order valence-electron chi connectivity index (χ1n) is 8.70. The van der Waals surface area contributed by atoms with Crippen molar-refractivity contribution in [1.82, 2.24) is 10.0 Å². The molecule has 0 atom stereocenters. The summed E-state index contributed by atoms with van der Waals surface area (Å²) in [6.07, 6.45) is 4.50. The molecule has 148 valence electrons. The van der Waals surface area contributed by atoms with Crippen molar-refractivity contribution in [1.29, 1.82) is 0 Å². The second kappa shape index (κ2) is 6.48. The van der Waals surface area contributed by atoms with Crippen molar-refractivity contribution < 1.29 is 23.5 Å². The lowest BCUT2D eigenvalue weighted by molar-refractivity contribution is 0.0695. The van der Waals surface area contributed by atoms with Crippen LogP contribution in [-0.4, -0.2) is 29.3 Å². The molecule has 1 aliphatic carbocycles. The zero-order chi connectivity index (χ0) is 20.2. The Balaban J connectivity index is 2.03. The summed E-state index contributed by atoms with van der Waals surface area (Å²) in [6, 6.07) is -0.159. The number of nitrogens with two attached hydrogens (primary N) is 1. The van der Waals surface area contributed by atoms with Crippen LogP contribution in [0.1, 0.15) is 35.7 Å². The third kappa shape index (κ3) is 2.68. The van der Waals surface area contributed by atoms with E-state index in [4.69, 9.17) is 10.6 Å². The molecular weight excluding hydrogens is 374 g/mol. The molecule has 0 unspecified atom stereocenters. The molecule has 0 amide bonds. The van der Waals surface area contributed by atoms with E-state index >= 15 is 8.78 Å². The summed E-state index contributed by atoms with van der Waals surface area (Å²) in [7, 11) is 1.42. The van der Waals surface area contributed by atoms with Gasteiger partial charge in [-0.05, 0) is 12.8 Å². The summed E-state index contributed by atoms with van der Waals surface area (Å²) < 4.78 is 31.9. The van der Waals surface area contributed by atoms with E-state index in [9.17, 15) is 14.7 Å². The number of hydrogen-bond acceptors (Lipinski definition) is 6. The van der Waals surface area contributed by atoms with Crippen molar-refractivity contribution in [3.05, 3.63) is 45.5 Å². The van der Waals surface area contributed by atoms with Gasteiger partial charge >= 0.3 is 5.97 Å². The van der Waals surface area contributed by atoms with Gasteiger partial charge in [0.1, 0.15) is 11.3 Å². The lowest BCUT2D eigenvalue weighted by Crippen LogP contribution is -2.23. The lowest BCUT2D eigenvalue weighted by atomic mass is 10.1. The van der Waals surface area contributed by atoms with Gasteiger partial charge in [0, 0.05) is 31.4 Å². The summed E-state index contributed by atoms with van der Waals surface area (Å²) in [5, 5.41) is 8.87. The normalized spacial score (nSPS) is 16.5. The number of benzene rings is 1. The highest BCUT2D eigenvalue weighted by Crippen LogP contribution is 2.42. The maximum absolute atomic E-state index is 15.5. The monoisotopic (exact) mass is 392 g/mol. The summed E-state index contributed by atoms with van der Waals surface area (Å²) in [4.78, 5) is 30.2. The van der Waals surface area contributed by atoms with E-state index in [-0.39, 0.29) is 23.8 Å². The minimum atomic E-state index is -1.47.